The molecule has 172 valence electrons. The Hall–Kier alpha value is -2.78. The van der Waals surface area contributed by atoms with Crippen LogP contribution in [0.4, 0.5) is 0 Å². The quantitative estimate of drug-likeness (QED) is 0.627. The Morgan fingerprint density at radius 3 is 2.73 bits per heavy atom. The molecule has 1 saturated heterocycles. The minimum atomic E-state index is -0.766. The number of hydrogen-bond donors (Lipinski definition) is 2. The fraction of sp³-hybridized carbons (Fsp3) is 0.500. The SMILES string of the molecule is CC1(C)C2CC3OB(CNC(=O)C(Cc4ccccc4)NC(=O)c4cnccn4)OC3C1C2. The molecule has 0 radical (unpaired) electrons. The molecule has 2 aromatic rings. The first-order valence-corrected chi connectivity index (χ1v) is 11.6. The van der Waals surface area contributed by atoms with Crippen molar-refractivity contribution in [2.24, 2.45) is 17.3 Å². The van der Waals surface area contributed by atoms with Gasteiger partial charge in [-0.05, 0) is 35.7 Å². The van der Waals surface area contributed by atoms with Crippen LogP contribution in [-0.4, -0.2) is 53.6 Å². The zero-order valence-electron chi connectivity index (χ0n) is 18.9. The van der Waals surface area contributed by atoms with Crippen LogP contribution < -0.4 is 10.6 Å². The molecule has 6 rings (SSSR count). The Kier molecular flexibility index (Phi) is 5.93. The van der Waals surface area contributed by atoms with Crippen LogP contribution in [0.1, 0.15) is 42.7 Å². The van der Waals surface area contributed by atoms with Gasteiger partial charge >= 0.3 is 7.12 Å². The fourth-order valence-electron chi connectivity index (χ4n) is 5.52. The van der Waals surface area contributed by atoms with Crippen molar-refractivity contribution in [1.29, 1.82) is 0 Å². The zero-order chi connectivity index (χ0) is 23.0. The summed E-state index contributed by atoms with van der Waals surface area (Å²) >= 11 is 0. The van der Waals surface area contributed by atoms with E-state index in [4.69, 9.17) is 9.31 Å². The van der Waals surface area contributed by atoms with Crippen molar-refractivity contribution in [2.75, 3.05) is 6.44 Å². The summed E-state index contributed by atoms with van der Waals surface area (Å²) in [6.07, 6.45) is 7.35. The molecule has 8 nitrogen and oxygen atoms in total. The van der Waals surface area contributed by atoms with Gasteiger partial charge in [0.1, 0.15) is 11.7 Å². The van der Waals surface area contributed by atoms with Gasteiger partial charge in [0.15, 0.2) is 0 Å². The first-order valence-electron chi connectivity index (χ1n) is 11.6. The minimum Gasteiger partial charge on any atom is -0.405 e. The van der Waals surface area contributed by atoms with Gasteiger partial charge in [0.05, 0.1) is 24.8 Å². The summed E-state index contributed by atoms with van der Waals surface area (Å²) in [5.41, 5.74) is 1.41. The fourth-order valence-corrected chi connectivity index (χ4v) is 5.52. The maximum Gasteiger partial charge on any atom is 0.478 e. The molecule has 9 heteroatoms. The van der Waals surface area contributed by atoms with Crippen molar-refractivity contribution < 1.29 is 18.9 Å². The van der Waals surface area contributed by atoms with E-state index in [0.29, 0.717) is 23.7 Å². The highest BCUT2D eigenvalue weighted by atomic mass is 16.7. The summed E-state index contributed by atoms with van der Waals surface area (Å²) in [7, 11) is -0.466. The molecule has 2 N–H and O–H groups in total. The molecule has 0 spiro atoms. The molecule has 3 saturated carbocycles. The highest BCUT2D eigenvalue weighted by molar-refractivity contribution is 6.45. The van der Waals surface area contributed by atoms with E-state index in [-0.39, 0.29) is 30.3 Å². The zero-order valence-corrected chi connectivity index (χ0v) is 18.9. The summed E-state index contributed by atoms with van der Waals surface area (Å²) in [5, 5.41) is 5.72. The molecule has 1 aromatic heterocycles. The monoisotopic (exact) mass is 448 g/mol. The van der Waals surface area contributed by atoms with Gasteiger partial charge in [0.25, 0.3) is 5.91 Å². The highest BCUT2D eigenvalue weighted by Crippen LogP contribution is 2.61. The predicted octanol–water partition coefficient (Wildman–Crippen LogP) is 1.81. The van der Waals surface area contributed by atoms with E-state index in [1.54, 1.807) is 0 Å². The Bertz CT molecular complexity index is 1010. The normalized spacial score (nSPS) is 27.8. The number of rotatable bonds is 7. The van der Waals surface area contributed by atoms with Gasteiger partial charge in [-0.2, -0.15) is 0 Å². The number of nitrogens with one attached hydrogen (secondary N) is 2. The smallest absolute Gasteiger partial charge is 0.405 e. The summed E-state index contributed by atoms with van der Waals surface area (Å²) in [6.45, 7) is 4.63. The van der Waals surface area contributed by atoms with Gasteiger partial charge in [0.2, 0.25) is 5.91 Å². The maximum atomic E-state index is 13.1. The Morgan fingerprint density at radius 2 is 2.00 bits per heavy atom. The van der Waals surface area contributed by atoms with Gasteiger partial charge in [-0.15, -0.1) is 0 Å². The predicted molar refractivity (Wildman–Crippen MR) is 122 cm³/mol. The van der Waals surface area contributed by atoms with Crippen molar-refractivity contribution in [2.45, 2.75) is 51.4 Å². The van der Waals surface area contributed by atoms with Gasteiger partial charge < -0.3 is 19.9 Å². The molecule has 5 atom stereocenters. The van der Waals surface area contributed by atoms with E-state index in [0.717, 1.165) is 12.0 Å². The molecule has 2 amide bonds. The van der Waals surface area contributed by atoms with Crippen LogP contribution in [0.3, 0.4) is 0 Å². The Morgan fingerprint density at radius 1 is 1.18 bits per heavy atom. The van der Waals surface area contributed by atoms with E-state index >= 15 is 0 Å². The molecule has 1 aromatic carbocycles. The molecule has 5 unspecified atom stereocenters. The third kappa shape index (κ3) is 4.39. The van der Waals surface area contributed by atoms with Crippen LogP contribution in [0.5, 0.6) is 0 Å². The Balaban J connectivity index is 1.21. The first-order chi connectivity index (χ1) is 15.9. The topological polar surface area (TPSA) is 102 Å². The summed E-state index contributed by atoms with van der Waals surface area (Å²) in [4.78, 5) is 33.7. The second kappa shape index (κ2) is 8.87. The van der Waals surface area contributed by atoms with Crippen LogP contribution in [-0.2, 0) is 20.5 Å². The largest absolute Gasteiger partial charge is 0.478 e. The number of carbonyl (C=O) groups excluding carboxylic acids is 2. The number of hydrogen-bond acceptors (Lipinski definition) is 6. The van der Waals surface area contributed by atoms with Gasteiger partial charge in [-0.3, -0.25) is 14.6 Å². The van der Waals surface area contributed by atoms with Crippen molar-refractivity contribution in [1.82, 2.24) is 20.6 Å². The Labute approximate surface area is 194 Å². The summed E-state index contributed by atoms with van der Waals surface area (Å²) in [5.74, 6) is 0.467. The second-order valence-electron chi connectivity index (χ2n) is 9.85. The van der Waals surface area contributed by atoms with E-state index < -0.39 is 19.1 Å². The van der Waals surface area contributed by atoms with E-state index in [1.807, 2.05) is 30.3 Å². The van der Waals surface area contributed by atoms with Crippen LogP contribution in [0, 0.1) is 17.3 Å². The average molecular weight is 448 g/mol. The molecule has 33 heavy (non-hydrogen) atoms. The number of nitrogens with zero attached hydrogens (tertiary/aromatic N) is 2. The molecule has 1 aliphatic heterocycles. The van der Waals surface area contributed by atoms with E-state index in [2.05, 4.69) is 34.4 Å². The molecular weight excluding hydrogens is 419 g/mol. The average Bonchev–Trinajstić information content (AvgIpc) is 3.26. The van der Waals surface area contributed by atoms with Crippen molar-refractivity contribution in [3.05, 3.63) is 60.2 Å². The lowest BCUT2D eigenvalue weighted by atomic mass is 9.47. The molecule has 2 heterocycles. The third-order valence-corrected chi connectivity index (χ3v) is 7.60. The molecule has 2 bridgehead atoms. The van der Waals surface area contributed by atoms with Crippen molar-refractivity contribution in [3.63, 3.8) is 0 Å². The summed E-state index contributed by atoms with van der Waals surface area (Å²) in [6, 6.07) is 8.81. The lowest BCUT2D eigenvalue weighted by molar-refractivity contribution is -0.150. The number of carbonyl (C=O) groups is 2. The molecular formula is C24H29BN4O4. The van der Waals surface area contributed by atoms with Gasteiger partial charge in [-0.25, -0.2) is 4.98 Å². The van der Waals surface area contributed by atoms with Gasteiger partial charge in [0, 0.05) is 18.8 Å². The van der Waals surface area contributed by atoms with Crippen molar-refractivity contribution >= 4 is 18.9 Å². The van der Waals surface area contributed by atoms with Crippen molar-refractivity contribution in [3.8, 4) is 0 Å². The number of benzene rings is 1. The lowest BCUT2D eigenvalue weighted by Crippen LogP contribution is -2.59. The third-order valence-electron chi connectivity index (χ3n) is 7.60. The van der Waals surface area contributed by atoms with Crippen LogP contribution in [0.25, 0.3) is 0 Å². The maximum absolute atomic E-state index is 13.1. The molecule has 3 aliphatic carbocycles. The highest BCUT2D eigenvalue weighted by Gasteiger charge is 2.61. The second-order valence-corrected chi connectivity index (χ2v) is 9.85. The first kappa shape index (κ1) is 22.0. The van der Waals surface area contributed by atoms with E-state index in [1.165, 1.54) is 25.0 Å². The number of amides is 2. The standard InChI is InChI=1S/C24H29BN4O4/c1-24(2)16-11-17(24)21-20(12-16)32-25(33-21)14-28-22(30)18(10-15-6-4-3-5-7-15)29-23(31)19-13-26-8-9-27-19/h3-9,13,16-18,20-21H,10-12,14H2,1-2H3,(H,28,30)(H,29,31). The van der Waals surface area contributed by atoms with Crippen LogP contribution in [0.15, 0.2) is 48.9 Å². The lowest BCUT2D eigenvalue weighted by Gasteiger charge is -2.60. The summed E-state index contributed by atoms with van der Waals surface area (Å²) < 4.78 is 12.3. The number of aromatic nitrogens is 2. The molecule has 4 fully saturated rings. The van der Waals surface area contributed by atoms with E-state index in [9.17, 15) is 9.59 Å². The molecule has 4 aliphatic rings. The van der Waals surface area contributed by atoms with Crippen LogP contribution in [0.2, 0.25) is 0 Å². The minimum absolute atomic E-state index is 0.100. The van der Waals surface area contributed by atoms with Gasteiger partial charge in [-0.1, -0.05) is 44.2 Å². The van der Waals surface area contributed by atoms with Crippen LogP contribution >= 0.6 is 0 Å².